The summed E-state index contributed by atoms with van der Waals surface area (Å²) in [6.07, 6.45) is 7.78. The van der Waals surface area contributed by atoms with Gasteiger partial charge in [-0.15, -0.1) is 0 Å². The third-order valence-electron chi connectivity index (χ3n) is 1.87. The van der Waals surface area contributed by atoms with Gasteiger partial charge in [-0.25, -0.2) is 9.28 Å². The summed E-state index contributed by atoms with van der Waals surface area (Å²) in [6, 6.07) is 0. The van der Waals surface area contributed by atoms with Crippen molar-refractivity contribution in [2.45, 2.75) is 6.92 Å². The molecule has 54 valence electrons. The van der Waals surface area contributed by atoms with Gasteiger partial charge in [0.2, 0.25) is 0 Å². The molecule has 1 aliphatic heterocycles. The number of carbonyl (C=O) groups excluding carboxylic acids is 1. The summed E-state index contributed by atoms with van der Waals surface area (Å²) in [6.45, 7) is 2.40. The predicted molar refractivity (Wildman–Crippen MR) is 40.0 cm³/mol. The summed E-state index contributed by atoms with van der Waals surface area (Å²) in [7, 11) is 1.91. The molecule has 1 heterocycles. The minimum absolute atomic E-state index is 0.181. The molecule has 10 heavy (non-hydrogen) atoms. The number of hydrogen-bond donors (Lipinski definition) is 0. The minimum atomic E-state index is 0.181. The lowest BCUT2D eigenvalue weighted by Crippen LogP contribution is -2.43. The maximum atomic E-state index is 11.0. The second-order valence-electron chi connectivity index (χ2n) is 2.74. The van der Waals surface area contributed by atoms with E-state index in [2.05, 4.69) is 0 Å². The van der Waals surface area contributed by atoms with Crippen LogP contribution in [-0.4, -0.2) is 24.0 Å². The Labute approximate surface area is 61.0 Å². The average molecular weight is 138 g/mol. The van der Waals surface area contributed by atoms with Crippen LogP contribution in [0.25, 0.3) is 0 Å². The van der Waals surface area contributed by atoms with E-state index in [9.17, 15) is 4.79 Å². The molecule has 0 aliphatic carbocycles. The molecule has 2 heteroatoms. The SMILES string of the molecule is CC(=O)[N+]1(C)C=CC=CC1. The van der Waals surface area contributed by atoms with Gasteiger partial charge in [-0.3, -0.25) is 0 Å². The van der Waals surface area contributed by atoms with Crippen LogP contribution in [0.5, 0.6) is 0 Å². The Kier molecular flexibility index (Phi) is 1.72. The Morgan fingerprint density at radius 3 is 2.50 bits per heavy atom. The number of likely N-dealkylation sites (N-methyl/N-ethyl adjacent to an activating group) is 1. The fraction of sp³-hybridized carbons (Fsp3) is 0.375. The average Bonchev–Trinajstić information content (AvgIpc) is 1.89. The lowest BCUT2D eigenvalue weighted by atomic mass is 10.3. The van der Waals surface area contributed by atoms with Crippen molar-refractivity contribution in [1.82, 2.24) is 0 Å². The molecule has 0 aromatic rings. The highest BCUT2D eigenvalue weighted by Crippen LogP contribution is 2.08. The highest BCUT2D eigenvalue weighted by molar-refractivity contribution is 5.66. The molecule has 0 saturated heterocycles. The quantitative estimate of drug-likeness (QED) is 0.457. The molecule has 0 N–H and O–H groups in total. The zero-order chi connectivity index (χ0) is 7.61. The molecule has 0 saturated carbocycles. The molecular formula is C8H12NO+. The van der Waals surface area contributed by atoms with Crippen LogP contribution in [0.4, 0.5) is 0 Å². The van der Waals surface area contributed by atoms with E-state index in [1.54, 1.807) is 6.92 Å². The Bertz CT molecular complexity index is 205. The van der Waals surface area contributed by atoms with E-state index in [-0.39, 0.29) is 5.91 Å². The highest BCUT2D eigenvalue weighted by Gasteiger charge is 2.24. The Hall–Kier alpha value is -0.890. The van der Waals surface area contributed by atoms with Gasteiger partial charge in [-0.05, 0) is 12.2 Å². The molecule has 1 unspecified atom stereocenters. The monoisotopic (exact) mass is 138 g/mol. The summed E-state index contributed by atoms with van der Waals surface area (Å²) >= 11 is 0. The van der Waals surface area contributed by atoms with Crippen molar-refractivity contribution in [2.75, 3.05) is 13.6 Å². The van der Waals surface area contributed by atoms with Crippen LogP contribution in [0.15, 0.2) is 24.4 Å². The van der Waals surface area contributed by atoms with Crippen molar-refractivity contribution < 1.29 is 9.28 Å². The first-order valence-corrected chi connectivity index (χ1v) is 3.36. The van der Waals surface area contributed by atoms with Gasteiger partial charge < -0.3 is 0 Å². The maximum Gasteiger partial charge on any atom is 0.315 e. The zero-order valence-corrected chi connectivity index (χ0v) is 6.37. The molecular weight excluding hydrogens is 126 g/mol. The molecule has 1 rings (SSSR count). The van der Waals surface area contributed by atoms with Crippen LogP contribution in [0.1, 0.15) is 6.92 Å². The lowest BCUT2D eigenvalue weighted by molar-refractivity contribution is -0.774. The van der Waals surface area contributed by atoms with Crippen LogP contribution in [0.3, 0.4) is 0 Å². The number of rotatable bonds is 0. The second-order valence-corrected chi connectivity index (χ2v) is 2.74. The van der Waals surface area contributed by atoms with Gasteiger partial charge in [-0.2, -0.15) is 0 Å². The van der Waals surface area contributed by atoms with Crippen LogP contribution in [-0.2, 0) is 4.79 Å². The first-order chi connectivity index (χ1) is 4.65. The van der Waals surface area contributed by atoms with Gasteiger partial charge in [0.1, 0.15) is 12.7 Å². The number of allylic oxidation sites excluding steroid dienone is 2. The number of hydrogen-bond acceptors (Lipinski definition) is 1. The van der Waals surface area contributed by atoms with E-state index >= 15 is 0 Å². The van der Waals surface area contributed by atoms with Crippen molar-refractivity contribution >= 4 is 5.91 Å². The summed E-state index contributed by atoms with van der Waals surface area (Å²) in [5, 5.41) is 0. The van der Waals surface area contributed by atoms with Crippen molar-refractivity contribution in [3.05, 3.63) is 24.4 Å². The van der Waals surface area contributed by atoms with Crippen molar-refractivity contribution in [1.29, 1.82) is 0 Å². The Morgan fingerprint density at radius 1 is 1.50 bits per heavy atom. The zero-order valence-electron chi connectivity index (χ0n) is 6.37. The molecule has 0 spiro atoms. The van der Waals surface area contributed by atoms with Gasteiger partial charge in [0, 0.05) is 0 Å². The topological polar surface area (TPSA) is 17.1 Å². The minimum Gasteiger partial charge on any atom is -0.234 e. The van der Waals surface area contributed by atoms with E-state index in [1.807, 2.05) is 31.5 Å². The Morgan fingerprint density at radius 2 is 2.20 bits per heavy atom. The molecule has 2 nitrogen and oxygen atoms in total. The molecule has 1 aliphatic rings. The molecule has 0 bridgehead atoms. The van der Waals surface area contributed by atoms with E-state index < -0.39 is 0 Å². The number of carbonyl (C=O) groups is 1. The van der Waals surface area contributed by atoms with Gasteiger partial charge >= 0.3 is 5.91 Å². The van der Waals surface area contributed by atoms with E-state index in [1.165, 1.54) is 0 Å². The van der Waals surface area contributed by atoms with Crippen molar-refractivity contribution in [2.24, 2.45) is 0 Å². The third-order valence-corrected chi connectivity index (χ3v) is 1.87. The van der Waals surface area contributed by atoms with Crippen molar-refractivity contribution in [3.8, 4) is 0 Å². The summed E-state index contributed by atoms with van der Waals surface area (Å²) in [4.78, 5) is 11.0. The van der Waals surface area contributed by atoms with Gasteiger partial charge in [-0.1, -0.05) is 6.08 Å². The molecule has 1 atom stereocenters. The van der Waals surface area contributed by atoms with Crippen LogP contribution in [0.2, 0.25) is 0 Å². The van der Waals surface area contributed by atoms with Gasteiger partial charge in [0.25, 0.3) is 0 Å². The molecule has 0 fully saturated rings. The summed E-state index contributed by atoms with van der Waals surface area (Å²) < 4.78 is 0.399. The number of quaternary nitrogens is 1. The molecule has 0 aromatic heterocycles. The number of nitrogens with zero attached hydrogens (tertiary/aromatic N) is 1. The van der Waals surface area contributed by atoms with Crippen LogP contribution in [0, 0.1) is 0 Å². The summed E-state index contributed by atoms with van der Waals surface area (Å²) in [5.74, 6) is 0.181. The standard InChI is InChI=1S/C8H12NO/c1-8(10)9(2)6-4-3-5-7-9/h3-6H,7H2,1-2H3/q+1. The fourth-order valence-electron chi connectivity index (χ4n) is 0.892. The number of amides is 1. The predicted octanol–water partition coefficient (Wildman–Crippen LogP) is 1.06. The fourth-order valence-corrected chi connectivity index (χ4v) is 0.892. The molecule has 1 amide bonds. The van der Waals surface area contributed by atoms with Crippen LogP contribution < -0.4 is 0 Å². The highest BCUT2D eigenvalue weighted by atomic mass is 16.2. The summed E-state index contributed by atoms with van der Waals surface area (Å²) in [5.41, 5.74) is 0. The van der Waals surface area contributed by atoms with Crippen LogP contribution >= 0.6 is 0 Å². The smallest absolute Gasteiger partial charge is 0.234 e. The van der Waals surface area contributed by atoms with E-state index in [0.29, 0.717) is 4.48 Å². The first kappa shape index (κ1) is 7.22. The normalized spacial score (nSPS) is 30.6. The second kappa shape index (κ2) is 2.39. The third kappa shape index (κ3) is 1.16. The lowest BCUT2D eigenvalue weighted by Gasteiger charge is -2.25. The molecule has 0 aromatic carbocycles. The Balaban J connectivity index is 2.80. The van der Waals surface area contributed by atoms with E-state index in [0.717, 1.165) is 6.54 Å². The largest absolute Gasteiger partial charge is 0.315 e. The van der Waals surface area contributed by atoms with Crippen molar-refractivity contribution in [3.63, 3.8) is 0 Å². The van der Waals surface area contributed by atoms with Gasteiger partial charge in [0.05, 0.1) is 14.0 Å². The van der Waals surface area contributed by atoms with E-state index in [4.69, 9.17) is 0 Å². The first-order valence-electron chi connectivity index (χ1n) is 3.36. The molecule has 0 radical (unpaired) electrons. The maximum absolute atomic E-state index is 11.0. The van der Waals surface area contributed by atoms with Gasteiger partial charge in [0.15, 0.2) is 0 Å².